The van der Waals surface area contributed by atoms with Crippen LogP contribution in [0, 0.1) is 0 Å². The summed E-state index contributed by atoms with van der Waals surface area (Å²) in [5.41, 5.74) is 5.66. The molecule has 4 heteroatoms. The van der Waals surface area contributed by atoms with Crippen LogP contribution in [0.25, 0.3) is 0 Å². The first-order valence-corrected chi connectivity index (χ1v) is 8.95. The maximum Gasteiger partial charge on any atom is 0.0398 e. The third-order valence-corrected chi connectivity index (χ3v) is 5.61. The Morgan fingerprint density at radius 1 is 0.958 bits per heavy atom. The van der Waals surface area contributed by atoms with E-state index in [0.717, 1.165) is 32.7 Å². The summed E-state index contributed by atoms with van der Waals surface area (Å²) in [7, 11) is 2.19. The molecule has 2 aliphatic rings. The molecule has 0 aliphatic carbocycles. The highest BCUT2D eigenvalue weighted by atomic mass is 15.3. The highest BCUT2D eigenvalue weighted by molar-refractivity contribution is 5.64. The Hall–Kier alpha value is -2.07. The lowest BCUT2D eigenvalue weighted by atomic mass is 10.1. The highest BCUT2D eigenvalue weighted by Gasteiger charge is 2.23. The fourth-order valence-corrected chi connectivity index (χ4v) is 3.97. The quantitative estimate of drug-likeness (QED) is 0.866. The number of benzene rings is 1. The zero-order chi connectivity index (χ0) is 16.5. The van der Waals surface area contributed by atoms with Gasteiger partial charge < -0.3 is 9.80 Å². The fourth-order valence-electron chi connectivity index (χ4n) is 3.97. The molecule has 1 fully saturated rings. The van der Waals surface area contributed by atoms with Gasteiger partial charge >= 0.3 is 0 Å². The predicted octanol–water partition coefficient (Wildman–Crippen LogP) is 2.96. The molecule has 1 atom stereocenters. The van der Waals surface area contributed by atoms with Gasteiger partial charge in [0, 0.05) is 69.6 Å². The Balaban J connectivity index is 1.41. The van der Waals surface area contributed by atoms with E-state index in [-0.39, 0.29) is 0 Å². The summed E-state index contributed by atoms with van der Waals surface area (Å²) in [6.45, 7) is 7.88. The van der Waals surface area contributed by atoms with Crippen LogP contribution in [-0.2, 0) is 6.42 Å². The Labute approximate surface area is 144 Å². The lowest BCUT2D eigenvalue weighted by Crippen LogP contribution is -2.47. The molecule has 3 heterocycles. The number of piperazine rings is 1. The molecule has 0 amide bonds. The zero-order valence-corrected chi connectivity index (χ0v) is 14.7. The first-order valence-electron chi connectivity index (χ1n) is 8.95. The van der Waals surface area contributed by atoms with Crippen molar-refractivity contribution in [2.45, 2.75) is 19.4 Å². The molecule has 0 saturated carbocycles. The van der Waals surface area contributed by atoms with Crippen molar-refractivity contribution in [1.82, 2.24) is 9.88 Å². The Kier molecular flexibility index (Phi) is 4.15. The Bertz CT molecular complexity index is 692. The molecule has 4 rings (SSSR count). The van der Waals surface area contributed by atoms with E-state index in [1.807, 2.05) is 12.4 Å². The molecule has 0 bridgehead atoms. The molecule has 1 aromatic heterocycles. The molecule has 2 aliphatic heterocycles. The number of anilines is 2. The lowest BCUT2D eigenvalue weighted by molar-refractivity contribution is 0.198. The van der Waals surface area contributed by atoms with Crippen molar-refractivity contribution in [3.63, 3.8) is 0 Å². The van der Waals surface area contributed by atoms with Gasteiger partial charge in [-0.3, -0.25) is 9.88 Å². The van der Waals surface area contributed by atoms with Crippen LogP contribution in [0.5, 0.6) is 0 Å². The number of likely N-dealkylation sites (N-methyl/N-ethyl adjacent to an activating group) is 1. The van der Waals surface area contributed by atoms with Crippen molar-refractivity contribution in [2.75, 3.05) is 49.6 Å². The smallest absolute Gasteiger partial charge is 0.0398 e. The third-order valence-electron chi connectivity index (χ3n) is 5.61. The average molecular weight is 322 g/mol. The van der Waals surface area contributed by atoms with Crippen LogP contribution in [-0.4, -0.2) is 49.7 Å². The number of hydrogen-bond acceptors (Lipinski definition) is 4. The number of pyridine rings is 1. The summed E-state index contributed by atoms with van der Waals surface area (Å²) in [6.07, 6.45) is 4.96. The van der Waals surface area contributed by atoms with Crippen LogP contribution >= 0.6 is 0 Å². The van der Waals surface area contributed by atoms with Crippen molar-refractivity contribution in [3.05, 3.63) is 53.9 Å². The molecule has 1 unspecified atom stereocenters. The normalized spacial score (nSPS) is 19.4. The summed E-state index contributed by atoms with van der Waals surface area (Å²) in [5, 5.41) is 0. The van der Waals surface area contributed by atoms with E-state index in [0.29, 0.717) is 6.04 Å². The third kappa shape index (κ3) is 2.86. The summed E-state index contributed by atoms with van der Waals surface area (Å²) >= 11 is 0. The van der Waals surface area contributed by atoms with Crippen LogP contribution in [0.15, 0.2) is 42.7 Å². The van der Waals surface area contributed by atoms with E-state index >= 15 is 0 Å². The van der Waals surface area contributed by atoms with Gasteiger partial charge in [0.05, 0.1) is 0 Å². The molecule has 126 valence electrons. The summed E-state index contributed by atoms with van der Waals surface area (Å²) in [5.74, 6) is 0. The highest BCUT2D eigenvalue weighted by Crippen LogP contribution is 2.31. The van der Waals surface area contributed by atoms with Crippen LogP contribution in [0.2, 0.25) is 0 Å². The van der Waals surface area contributed by atoms with E-state index in [1.165, 1.54) is 28.9 Å². The molecule has 24 heavy (non-hydrogen) atoms. The monoisotopic (exact) mass is 322 g/mol. The minimum Gasteiger partial charge on any atom is -0.374 e. The largest absolute Gasteiger partial charge is 0.374 e. The van der Waals surface area contributed by atoms with E-state index < -0.39 is 0 Å². The van der Waals surface area contributed by atoms with E-state index in [1.54, 1.807) is 0 Å². The number of fused-ring (bicyclic) bond motifs is 1. The molecule has 0 radical (unpaired) electrons. The first kappa shape index (κ1) is 15.5. The van der Waals surface area contributed by atoms with Crippen LogP contribution in [0.3, 0.4) is 0 Å². The number of rotatable bonds is 3. The topological polar surface area (TPSA) is 22.6 Å². The average Bonchev–Trinajstić information content (AvgIpc) is 3.02. The van der Waals surface area contributed by atoms with Gasteiger partial charge in [-0.2, -0.15) is 0 Å². The minimum absolute atomic E-state index is 0.462. The van der Waals surface area contributed by atoms with Gasteiger partial charge in [0.1, 0.15) is 0 Å². The predicted molar refractivity (Wildman–Crippen MR) is 99.9 cm³/mol. The minimum atomic E-state index is 0.462. The maximum atomic E-state index is 4.13. The standard InChI is InChI=1S/C20H26N4/c1-16(17-5-8-21-9-6-17)23-11-13-24(14-12-23)19-3-4-20-18(15-19)7-10-22(20)2/h3-6,8-9,15-16H,7,10-14H2,1-2H3. The van der Waals surface area contributed by atoms with Gasteiger partial charge in [0.25, 0.3) is 0 Å². The van der Waals surface area contributed by atoms with E-state index in [9.17, 15) is 0 Å². The van der Waals surface area contributed by atoms with Crippen molar-refractivity contribution < 1.29 is 0 Å². The molecular weight excluding hydrogens is 296 g/mol. The lowest BCUT2D eigenvalue weighted by Gasteiger charge is -2.39. The second kappa shape index (κ2) is 6.44. The summed E-state index contributed by atoms with van der Waals surface area (Å²) in [4.78, 5) is 11.6. The molecule has 0 N–H and O–H groups in total. The van der Waals surface area contributed by atoms with Gasteiger partial charge in [0.2, 0.25) is 0 Å². The number of nitrogens with zero attached hydrogens (tertiary/aromatic N) is 4. The second-order valence-electron chi connectivity index (χ2n) is 6.96. The van der Waals surface area contributed by atoms with Crippen LogP contribution in [0.4, 0.5) is 11.4 Å². The van der Waals surface area contributed by atoms with Gasteiger partial charge in [-0.15, -0.1) is 0 Å². The van der Waals surface area contributed by atoms with E-state index in [2.05, 4.69) is 64.0 Å². The first-order chi connectivity index (χ1) is 11.7. The van der Waals surface area contributed by atoms with Gasteiger partial charge in [0.15, 0.2) is 0 Å². The van der Waals surface area contributed by atoms with Gasteiger partial charge in [-0.25, -0.2) is 0 Å². The SMILES string of the molecule is CC(c1ccncc1)N1CCN(c2ccc3c(c2)CCN3C)CC1. The number of hydrogen-bond donors (Lipinski definition) is 0. The van der Waals surface area contributed by atoms with Gasteiger partial charge in [-0.05, 0) is 54.8 Å². The fraction of sp³-hybridized carbons (Fsp3) is 0.450. The molecule has 2 aromatic rings. The Morgan fingerprint density at radius 2 is 1.71 bits per heavy atom. The van der Waals surface area contributed by atoms with Crippen molar-refractivity contribution in [2.24, 2.45) is 0 Å². The van der Waals surface area contributed by atoms with E-state index in [4.69, 9.17) is 0 Å². The second-order valence-corrected chi connectivity index (χ2v) is 6.96. The Morgan fingerprint density at radius 3 is 2.46 bits per heavy atom. The van der Waals surface area contributed by atoms with Gasteiger partial charge in [-0.1, -0.05) is 0 Å². The summed E-state index contributed by atoms with van der Waals surface area (Å²) < 4.78 is 0. The van der Waals surface area contributed by atoms with Crippen molar-refractivity contribution in [3.8, 4) is 0 Å². The molecule has 1 aromatic carbocycles. The maximum absolute atomic E-state index is 4.13. The molecule has 1 saturated heterocycles. The van der Waals surface area contributed by atoms with Crippen molar-refractivity contribution >= 4 is 11.4 Å². The van der Waals surface area contributed by atoms with Crippen LogP contribution in [0.1, 0.15) is 24.1 Å². The molecule has 0 spiro atoms. The number of aromatic nitrogens is 1. The summed E-state index contributed by atoms with van der Waals surface area (Å²) in [6, 6.07) is 11.7. The zero-order valence-electron chi connectivity index (χ0n) is 14.7. The molecule has 4 nitrogen and oxygen atoms in total. The van der Waals surface area contributed by atoms with Crippen LogP contribution < -0.4 is 9.80 Å². The molecular formula is C20H26N4. The van der Waals surface area contributed by atoms with Crippen molar-refractivity contribution in [1.29, 1.82) is 0 Å².